The van der Waals surface area contributed by atoms with E-state index in [2.05, 4.69) is 26.2 Å². The van der Waals surface area contributed by atoms with Crippen LogP contribution in [-0.4, -0.2) is 250 Å². The molecule has 0 saturated carbocycles. The highest BCUT2D eigenvalue weighted by molar-refractivity contribution is 7.67. The fourth-order valence-corrected chi connectivity index (χ4v) is 28.2. The van der Waals surface area contributed by atoms with Crippen molar-refractivity contribution in [1.82, 2.24) is 0 Å². The molecule has 0 fully saturated rings. The van der Waals surface area contributed by atoms with Gasteiger partial charge in [-0.3, -0.25) is 0 Å². The van der Waals surface area contributed by atoms with Crippen molar-refractivity contribution in [3.05, 3.63) is 0 Å². The highest BCUT2D eigenvalue weighted by Crippen LogP contribution is 2.50. The second-order valence-corrected chi connectivity index (χ2v) is 33.1. The van der Waals surface area contributed by atoms with E-state index in [9.17, 15) is 0 Å². The van der Waals surface area contributed by atoms with Crippen molar-refractivity contribution in [3.63, 3.8) is 0 Å². The Morgan fingerprint density at radius 2 is 0.900 bits per heavy atom. The normalized spacial score (nSPS) is 15.1. The van der Waals surface area contributed by atoms with Crippen LogP contribution in [0.3, 0.4) is 0 Å². The Morgan fingerprint density at radius 3 is 1.22 bits per heavy atom. The third-order valence-corrected chi connectivity index (χ3v) is 27.6. The van der Waals surface area contributed by atoms with Crippen molar-refractivity contribution in [3.8, 4) is 0 Å². The molecule has 0 saturated heterocycles. The molecule has 0 aromatic rings. The van der Waals surface area contributed by atoms with E-state index in [1.165, 1.54) is 21.2 Å². The highest BCUT2D eigenvalue weighted by atomic mass is 28.4. The summed E-state index contributed by atoms with van der Waals surface area (Å²) in [5, 5.41) is 0. The van der Waals surface area contributed by atoms with Crippen LogP contribution >= 0.6 is 0 Å². The predicted octanol–water partition coefficient (Wildman–Crippen LogP) is -6.14. The zero-order valence-corrected chi connectivity index (χ0v) is 36.1. The minimum absolute atomic E-state index is 0.424. The van der Waals surface area contributed by atoms with Crippen LogP contribution in [0.15, 0.2) is 0 Å². The van der Waals surface area contributed by atoms with Gasteiger partial charge in [0.1, 0.15) is 0 Å². The van der Waals surface area contributed by atoms with Crippen molar-refractivity contribution in [2.45, 2.75) is 86.2 Å². The van der Waals surface area contributed by atoms with E-state index in [4.69, 9.17) is 124 Å². The third kappa shape index (κ3) is 12.4. The van der Waals surface area contributed by atoms with Gasteiger partial charge in [-0.15, -0.1) is 21.9 Å². The van der Waals surface area contributed by atoms with Gasteiger partial charge in [0.2, 0.25) is 0 Å². The number of hydrogen-bond acceptors (Lipinski definition) is 2. The molecule has 0 spiro atoms. The van der Waals surface area contributed by atoms with Gasteiger partial charge in [-0.2, -0.15) is 0 Å². The van der Waals surface area contributed by atoms with Gasteiger partial charge in [0.25, 0.3) is 0 Å². The average molecular weight is 669 g/mol. The summed E-state index contributed by atoms with van der Waals surface area (Å²) < 4.78 is 11.8. The van der Waals surface area contributed by atoms with Crippen LogP contribution < -0.4 is 0 Å². The molecule has 36 heteroatoms. The zero-order chi connectivity index (χ0) is 39.8. The molecule has 0 aromatic carbocycles. The summed E-state index contributed by atoms with van der Waals surface area (Å²) in [5.74, 6) is 1.19. The second-order valence-electron chi connectivity index (χ2n) is 15.9. The lowest BCUT2D eigenvalue weighted by molar-refractivity contribution is 0.537. The Bertz CT molecular complexity index is 987. The first kappa shape index (κ1) is 52.7. The van der Waals surface area contributed by atoms with E-state index in [0.717, 1.165) is 0 Å². The SMILES string of the molecule is [B][B]B([B])C(B([B])[B])B([B])[B]C[Si](C)(C)O[Si](C)(C)C[B]B([B])C(B([B])[B])(B([B])[B][B])[Si](C)(C)O[Si](C)(C)C(B([B])[B])(B([B])[B][B])B([B])[B]C. The first-order valence-corrected chi connectivity index (χ1v) is 29.2. The Balaban J connectivity index is 6.56. The lowest BCUT2D eigenvalue weighted by Crippen LogP contribution is -2.78. The van der Waals surface area contributed by atoms with Crippen molar-refractivity contribution in [2.75, 3.05) is 0 Å². The van der Waals surface area contributed by atoms with Crippen molar-refractivity contribution in [2.24, 2.45) is 0 Å². The summed E-state index contributed by atoms with van der Waals surface area (Å²) in [6, 6.07) is 0. The van der Waals surface area contributed by atoms with Crippen LogP contribution in [0.2, 0.25) is 86.2 Å². The molecule has 0 aromatic heterocycles. The fourth-order valence-electron chi connectivity index (χ4n) is 8.06. The molecule has 0 aliphatic carbocycles. The van der Waals surface area contributed by atoms with E-state index < -0.39 is 107 Å². The molecule has 0 aliphatic heterocycles. The largest absolute Gasteiger partial charge is 0.458 e. The molecule has 3 unspecified atom stereocenters. The topological polar surface area (TPSA) is 18.5 Å². The average Bonchev–Trinajstić information content (AvgIpc) is 2.97. The maximum absolute atomic E-state index is 7.28. The first-order valence-electron chi connectivity index (χ1n) is 17.1. The predicted molar refractivity (Wildman–Crippen MR) is 269 cm³/mol. The van der Waals surface area contributed by atoms with E-state index in [0.29, 0.717) is 11.9 Å². The zero-order valence-electron chi connectivity index (χ0n) is 32.1. The maximum atomic E-state index is 7.28. The van der Waals surface area contributed by atoms with E-state index in [1.54, 1.807) is 7.17 Å². The molecule has 36 radical (unpaired) electrons. The summed E-state index contributed by atoms with van der Waals surface area (Å²) in [4.78, 5) is 0. The van der Waals surface area contributed by atoms with E-state index >= 15 is 0 Å². The standard InChI is InChI=1S/C14H32B30O2Si4/c1-30-41(26)13(39(22)23,43(28)34-16)49(6,7)46-50(8,9)14(40(24)25,44(29)35-17)42(27)32-11-48(4,5)45-47(2,3)10-31-37(20)12(36(18)19)38(21)33-15/h12H,10-11H2,1-9H3. The molecule has 3 atom stereocenters. The minimum atomic E-state index is -3.25. The van der Waals surface area contributed by atoms with Gasteiger partial charge in [-0.1, -0.05) is 11.9 Å². The van der Waals surface area contributed by atoms with Crippen LogP contribution in [0.1, 0.15) is 0 Å². The van der Waals surface area contributed by atoms with Gasteiger partial charge >= 0.3 is 0 Å². The lowest BCUT2D eigenvalue weighted by Gasteiger charge is -2.63. The summed E-state index contributed by atoms with van der Waals surface area (Å²) in [6.07, 6.45) is 0. The maximum Gasteiger partial charge on any atom is 0.165 e. The molecule has 0 N–H and O–H groups in total. The summed E-state index contributed by atoms with van der Waals surface area (Å²) in [7, 11) is 94.7. The van der Waals surface area contributed by atoms with Crippen LogP contribution in [0.5, 0.6) is 0 Å². The van der Waals surface area contributed by atoms with Gasteiger partial charge in [0.05, 0.1) is 21.5 Å². The molecule has 0 rings (SSSR count). The second kappa shape index (κ2) is 21.5. The Hall–Kier alpha value is 2.74. The smallest absolute Gasteiger partial charge is 0.165 e. The highest BCUT2D eigenvalue weighted by Gasteiger charge is 2.61. The summed E-state index contributed by atoms with van der Waals surface area (Å²) in [5.41, 5.74) is -0.424. The quantitative estimate of drug-likeness (QED) is 0.0903. The fraction of sp³-hybridized carbons (Fsp3) is 1.00. The molecule has 2 nitrogen and oxygen atoms in total. The van der Waals surface area contributed by atoms with Crippen LogP contribution in [0.4, 0.5) is 0 Å². The van der Waals surface area contributed by atoms with Crippen LogP contribution in [0, 0.1) is 0 Å². The minimum Gasteiger partial charge on any atom is -0.458 e. The molecular formula is C14H32B30O2Si4. The van der Waals surface area contributed by atoms with E-state index in [1.807, 2.05) is 47.4 Å². The number of rotatable bonds is 25. The molecule has 50 heavy (non-hydrogen) atoms. The lowest BCUT2D eigenvalue weighted by atomic mass is 8.79. The molecular weight excluding hydrogens is 637 g/mol. The van der Waals surface area contributed by atoms with Gasteiger partial charge < -0.3 is 8.23 Å². The van der Waals surface area contributed by atoms with Gasteiger partial charge in [-0.25, -0.2) is 0 Å². The van der Waals surface area contributed by atoms with Crippen LogP contribution in [-0.2, 0) is 8.23 Å². The Kier molecular flexibility index (Phi) is 22.7. The van der Waals surface area contributed by atoms with Gasteiger partial charge in [0.15, 0.2) is 33.3 Å². The molecule has 0 amide bonds. The Morgan fingerprint density at radius 1 is 0.520 bits per heavy atom. The Labute approximate surface area is 342 Å². The third-order valence-electron chi connectivity index (χ3n) is 10.5. The van der Waals surface area contributed by atoms with Crippen LogP contribution in [0.25, 0.3) is 0 Å². The summed E-state index contributed by atoms with van der Waals surface area (Å²) >= 11 is 0. The monoisotopic (exact) mass is 674 g/mol. The summed E-state index contributed by atoms with van der Waals surface area (Å²) in [6.45, 7) is 11.4. The molecule has 206 valence electrons. The molecule has 0 bridgehead atoms. The first-order chi connectivity index (χ1) is 22.6. The van der Waals surface area contributed by atoms with Crippen molar-refractivity contribution >= 4 is 250 Å². The molecule has 0 heterocycles. The van der Waals surface area contributed by atoms with Gasteiger partial charge in [-0.05, 0) is 52.4 Å². The van der Waals surface area contributed by atoms with E-state index in [-0.39, 0.29) is 0 Å². The van der Waals surface area contributed by atoms with Crippen molar-refractivity contribution < 1.29 is 8.23 Å². The van der Waals surface area contributed by atoms with Crippen molar-refractivity contribution in [1.29, 1.82) is 0 Å². The van der Waals surface area contributed by atoms with Gasteiger partial charge in [0, 0.05) is 196 Å². The molecule has 0 aliphatic rings. The number of hydrogen-bond donors (Lipinski definition) is 0.